The maximum Gasteiger partial charge on any atom is 0.0408 e. The summed E-state index contributed by atoms with van der Waals surface area (Å²) < 4.78 is 0. The molecule has 16 heavy (non-hydrogen) atoms. The third-order valence-electron chi connectivity index (χ3n) is 2.51. The molecule has 0 bridgehead atoms. The van der Waals surface area contributed by atoms with Gasteiger partial charge in [0.1, 0.15) is 0 Å². The van der Waals surface area contributed by atoms with Crippen LogP contribution in [0.1, 0.15) is 17.7 Å². The lowest BCUT2D eigenvalue weighted by Crippen LogP contribution is -1.92. The molecule has 0 aliphatic heterocycles. The molecule has 1 nitrogen and oxygen atoms in total. The fraction of sp³-hybridized carbons (Fsp3) is 0.214. The Balaban J connectivity index is 1.85. The van der Waals surface area contributed by atoms with Gasteiger partial charge in [0.25, 0.3) is 0 Å². The van der Waals surface area contributed by atoms with E-state index in [-0.39, 0.29) is 0 Å². The van der Waals surface area contributed by atoms with E-state index in [9.17, 15) is 0 Å². The molecular weight excluding hydrogens is 218 g/mol. The van der Waals surface area contributed by atoms with Gasteiger partial charge in [0, 0.05) is 16.9 Å². The summed E-state index contributed by atoms with van der Waals surface area (Å²) in [5.41, 5.74) is 2.45. The summed E-state index contributed by atoms with van der Waals surface area (Å²) in [5, 5.41) is 0.815. The molecular formula is C14H14ClN. The molecule has 0 saturated heterocycles. The van der Waals surface area contributed by atoms with Crippen molar-refractivity contribution in [2.24, 2.45) is 0 Å². The fourth-order valence-corrected chi connectivity index (χ4v) is 1.92. The van der Waals surface area contributed by atoms with Crippen molar-refractivity contribution < 1.29 is 0 Å². The van der Waals surface area contributed by atoms with E-state index in [1.54, 1.807) is 0 Å². The van der Waals surface area contributed by atoms with Crippen LogP contribution < -0.4 is 0 Å². The van der Waals surface area contributed by atoms with Gasteiger partial charge in [0.05, 0.1) is 0 Å². The van der Waals surface area contributed by atoms with Crippen LogP contribution in [-0.2, 0) is 12.8 Å². The quantitative estimate of drug-likeness (QED) is 0.778. The lowest BCUT2D eigenvalue weighted by atomic mass is 10.1. The number of pyridine rings is 1. The van der Waals surface area contributed by atoms with Crippen molar-refractivity contribution in [1.29, 1.82) is 0 Å². The maximum absolute atomic E-state index is 5.93. The summed E-state index contributed by atoms with van der Waals surface area (Å²) in [4.78, 5) is 4.30. The number of halogens is 1. The van der Waals surface area contributed by atoms with Crippen LogP contribution in [-0.4, -0.2) is 4.98 Å². The second-order valence-electron chi connectivity index (χ2n) is 3.80. The first-order valence-electron chi connectivity index (χ1n) is 5.49. The number of nitrogens with zero attached hydrogens (tertiary/aromatic N) is 1. The van der Waals surface area contributed by atoms with Crippen molar-refractivity contribution in [2.75, 3.05) is 0 Å². The second kappa shape index (κ2) is 5.66. The molecule has 2 heteroatoms. The van der Waals surface area contributed by atoms with Crippen LogP contribution in [0.4, 0.5) is 0 Å². The molecule has 0 radical (unpaired) electrons. The monoisotopic (exact) mass is 231 g/mol. The van der Waals surface area contributed by atoms with Gasteiger partial charge in [0.2, 0.25) is 0 Å². The molecule has 0 unspecified atom stereocenters. The Kier molecular flexibility index (Phi) is 3.95. The van der Waals surface area contributed by atoms with Crippen LogP contribution in [0.25, 0.3) is 0 Å². The number of benzene rings is 1. The van der Waals surface area contributed by atoms with Gasteiger partial charge in [-0.25, -0.2) is 0 Å². The third-order valence-corrected chi connectivity index (χ3v) is 2.75. The van der Waals surface area contributed by atoms with E-state index in [4.69, 9.17) is 11.6 Å². The zero-order valence-electron chi connectivity index (χ0n) is 9.07. The zero-order valence-corrected chi connectivity index (χ0v) is 9.82. The predicted octanol–water partition coefficient (Wildman–Crippen LogP) is 3.91. The van der Waals surface area contributed by atoms with E-state index < -0.39 is 0 Å². The normalized spacial score (nSPS) is 10.3. The standard InChI is InChI=1S/C14H14ClN/c15-13-7-3-5-12(11-13)6-4-9-14-8-1-2-10-16-14/h1-3,5,7-8,10-11H,4,6,9H2. The van der Waals surface area contributed by atoms with Crippen molar-refractivity contribution in [1.82, 2.24) is 4.98 Å². The molecule has 0 N–H and O–H groups in total. The van der Waals surface area contributed by atoms with Crippen LogP contribution in [0.5, 0.6) is 0 Å². The molecule has 2 rings (SSSR count). The molecule has 0 amide bonds. The molecule has 0 aliphatic rings. The lowest BCUT2D eigenvalue weighted by Gasteiger charge is -2.02. The first kappa shape index (κ1) is 11.2. The summed E-state index contributed by atoms with van der Waals surface area (Å²) in [6.07, 6.45) is 5.02. The van der Waals surface area contributed by atoms with Crippen molar-refractivity contribution in [3.63, 3.8) is 0 Å². The third kappa shape index (κ3) is 3.35. The number of hydrogen-bond donors (Lipinski definition) is 0. The minimum absolute atomic E-state index is 0.815. The average molecular weight is 232 g/mol. The summed E-state index contributed by atoms with van der Waals surface area (Å²) in [5.74, 6) is 0. The van der Waals surface area contributed by atoms with E-state index in [0.29, 0.717) is 0 Å². The van der Waals surface area contributed by atoms with Gasteiger partial charge in [-0.3, -0.25) is 4.98 Å². The van der Waals surface area contributed by atoms with Crippen LogP contribution in [0.2, 0.25) is 5.02 Å². The number of aromatic nitrogens is 1. The van der Waals surface area contributed by atoms with Crippen LogP contribution in [0.3, 0.4) is 0 Å². The molecule has 0 aliphatic carbocycles. The highest BCUT2D eigenvalue weighted by Gasteiger charge is 1.96. The van der Waals surface area contributed by atoms with Gasteiger partial charge >= 0.3 is 0 Å². The van der Waals surface area contributed by atoms with E-state index in [0.717, 1.165) is 30.0 Å². The van der Waals surface area contributed by atoms with Crippen LogP contribution >= 0.6 is 11.6 Å². The molecule has 1 aromatic carbocycles. The SMILES string of the molecule is Clc1cccc(CCCc2ccccn2)c1. The van der Waals surface area contributed by atoms with E-state index in [1.165, 1.54) is 5.56 Å². The van der Waals surface area contributed by atoms with Crippen molar-refractivity contribution in [2.45, 2.75) is 19.3 Å². The Morgan fingerprint density at radius 2 is 1.94 bits per heavy atom. The molecule has 82 valence electrons. The van der Waals surface area contributed by atoms with Crippen LogP contribution in [0.15, 0.2) is 48.7 Å². The van der Waals surface area contributed by atoms with Crippen molar-refractivity contribution in [3.05, 3.63) is 64.9 Å². The molecule has 2 aromatic rings. The van der Waals surface area contributed by atoms with Gasteiger partial charge in [0.15, 0.2) is 0 Å². The molecule has 0 fully saturated rings. The highest BCUT2D eigenvalue weighted by Crippen LogP contribution is 2.13. The number of aryl methyl sites for hydroxylation is 2. The Morgan fingerprint density at radius 3 is 2.69 bits per heavy atom. The Morgan fingerprint density at radius 1 is 1.00 bits per heavy atom. The Hall–Kier alpha value is -1.34. The van der Waals surface area contributed by atoms with E-state index in [2.05, 4.69) is 17.1 Å². The topological polar surface area (TPSA) is 12.9 Å². The summed E-state index contributed by atoms with van der Waals surface area (Å²) in [6.45, 7) is 0. The fourth-order valence-electron chi connectivity index (χ4n) is 1.71. The summed E-state index contributed by atoms with van der Waals surface area (Å²) in [6, 6.07) is 14.1. The highest BCUT2D eigenvalue weighted by molar-refractivity contribution is 6.30. The molecule has 0 spiro atoms. The Labute approximate surface area is 101 Å². The number of rotatable bonds is 4. The zero-order chi connectivity index (χ0) is 11.2. The molecule has 0 atom stereocenters. The van der Waals surface area contributed by atoms with Crippen molar-refractivity contribution in [3.8, 4) is 0 Å². The largest absolute Gasteiger partial charge is 0.261 e. The summed E-state index contributed by atoms with van der Waals surface area (Å²) >= 11 is 5.93. The first-order valence-corrected chi connectivity index (χ1v) is 5.87. The van der Waals surface area contributed by atoms with E-state index >= 15 is 0 Å². The number of hydrogen-bond acceptors (Lipinski definition) is 1. The minimum atomic E-state index is 0.815. The smallest absolute Gasteiger partial charge is 0.0408 e. The van der Waals surface area contributed by atoms with Gasteiger partial charge in [-0.15, -0.1) is 0 Å². The second-order valence-corrected chi connectivity index (χ2v) is 4.24. The minimum Gasteiger partial charge on any atom is -0.261 e. The lowest BCUT2D eigenvalue weighted by molar-refractivity contribution is 0.799. The highest BCUT2D eigenvalue weighted by atomic mass is 35.5. The van der Waals surface area contributed by atoms with Gasteiger partial charge in [-0.1, -0.05) is 29.8 Å². The van der Waals surface area contributed by atoms with Gasteiger partial charge < -0.3 is 0 Å². The first-order chi connectivity index (χ1) is 7.84. The Bertz CT molecular complexity index is 439. The summed E-state index contributed by atoms with van der Waals surface area (Å²) in [7, 11) is 0. The average Bonchev–Trinajstić information content (AvgIpc) is 2.30. The maximum atomic E-state index is 5.93. The van der Waals surface area contributed by atoms with Crippen LogP contribution in [0, 0.1) is 0 Å². The van der Waals surface area contributed by atoms with Crippen molar-refractivity contribution >= 4 is 11.6 Å². The molecule has 1 heterocycles. The van der Waals surface area contributed by atoms with Gasteiger partial charge in [-0.2, -0.15) is 0 Å². The molecule has 0 saturated carbocycles. The van der Waals surface area contributed by atoms with Gasteiger partial charge in [-0.05, 0) is 49.1 Å². The predicted molar refractivity (Wildman–Crippen MR) is 67.7 cm³/mol. The van der Waals surface area contributed by atoms with E-state index in [1.807, 2.05) is 36.5 Å². The molecule has 1 aromatic heterocycles.